The van der Waals surface area contributed by atoms with Crippen LogP contribution in [0.4, 0.5) is 23.8 Å². The number of nitriles is 1. The zero-order valence-electron chi connectivity index (χ0n) is 23.6. The van der Waals surface area contributed by atoms with Gasteiger partial charge in [-0.3, -0.25) is 4.79 Å². The van der Waals surface area contributed by atoms with Crippen molar-refractivity contribution in [3.63, 3.8) is 0 Å². The number of benzene rings is 1. The van der Waals surface area contributed by atoms with Crippen LogP contribution in [0.1, 0.15) is 50.6 Å². The van der Waals surface area contributed by atoms with Crippen LogP contribution in [0.15, 0.2) is 41.2 Å². The number of alkyl halides is 3. The predicted molar refractivity (Wildman–Crippen MR) is 148 cm³/mol. The molecule has 5 rings (SSSR count). The number of urea groups is 1. The Labute approximate surface area is 246 Å². The summed E-state index contributed by atoms with van der Waals surface area (Å²) in [6.07, 6.45) is -2.19. The zero-order chi connectivity index (χ0) is 30.7. The Hall–Kier alpha value is -4.35. The maximum atomic E-state index is 14.6. The summed E-state index contributed by atoms with van der Waals surface area (Å²) in [6, 6.07) is 8.85. The molecule has 2 atom stereocenters. The Morgan fingerprint density at radius 1 is 1.12 bits per heavy atom. The number of carbonyl (C=O) groups is 2. The minimum absolute atomic E-state index is 0.0150. The van der Waals surface area contributed by atoms with E-state index in [2.05, 4.69) is 10.4 Å². The van der Waals surface area contributed by atoms with Crippen LogP contribution >= 0.6 is 0 Å². The van der Waals surface area contributed by atoms with Gasteiger partial charge in [-0.25, -0.2) is 4.79 Å². The summed E-state index contributed by atoms with van der Waals surface area (Å²) >= 11 is 0. The highest BCUT2D eigenvalue weighted by Gasteiger charge is 2.51. The lowest BCUT2D eigenvalue weighted by molar-refractivity contribution is -0.190. The van der Waals surface area contributed by atoms with Crippen LogP contribution in [0.5, 0.6) is 0 Å². The summed E-state index contributed by atoms with van der Waals surface area (Å²) in [5, 5.41) is 17.6. The van der Waals surface area contributed by atoms with E-state index < -0.39 is 36.5 Å². The van der Waals surface area contributed by atoms with Gasteiger partial charge in [-0.05, 0) is 24.5 Å². The fraction of sp³-hybridized carbons (Fsp3) is 0.448. The first-order chi connectivity index (χ1) is 20.6. The third-order valence-electron chi connectivity index (χ3n) is 7.96. The molecule has 0 aliphatic carbocycles. The first-order valence-electron chi connectivity index (χ1n) is 13.9. The SMILES string of the molecule is Cc1cocc1C(=O)n1nc(C2CCN(C(=O)N3CCOCC3)CC2C(F)(F)F)c(C#N)c1NCc1ccc(CN)cc1. The molecule has 43 heavy (non-hydrogen) atoms. The molecule has 0 saturated carbocycles. The molecule has 0 bridgehead atoms. The maximum Gasteiger partial charge on any atom is 0.394 e. The van der Waals surface area contributed by atoms with Gasteiger partial charge in [0.2, 0.25) is 0 Å². The van der Waals surface area contributed by atoms with Gasteiger partial charge in [0.15, 0.2) is 5.82 Å². The number of hydrogen-bond donors (Lipinski definition) is 2. The standard InChI is InChI=1S/C29H32F3N7O4/c1-18-16-43-17-23(18)27(40)39-26(35-14-20-4-2-19(12-33)3-5-20)22(13-34)25(36-39)21-6-7-38(15-24(21)29(30,31)32)28(41)37-8-10-42-11-9-37/h2-5,16-17,21,24,35H,6-12,14-15,33H2,1H3. The van der Waals surface area contributed by atoms with E-state index in [9.17, 15) is 28.0 Å². The number of nitrogens with two attached hydrogens (primary N) is 1. The number of piperidine rings is 1. The van der Waals surface area contributed by atoms with Gasteiger partial charge in [-0.1, -0.05) is 24.3 Å². The van der Waals surface area contributed by atoms with Gasteiger partial charge in [0.05, 0.1) is 36.7 Å². The second kappa shape index (κ2) is 12.5. The molecule has 2 fully saturated rings. The molecule has 14 heteroatoms. The summed E-state index contributed by atoms with van der Waals surface area (Å²) in [7, 11) is 0. The van der Waals surface area contributed by atoms with Gasteiger partial charge in [0.1, 0.15) is 17.9 Å². The van der Waals surface area contributed by atoms with Crippen molar-refractivity contribution in [2.24, 2.45) is 11.7 Å². The number of amides is 2. The number of hydrogen-bond acceptors (Lipinski definition) is 8. The summed E-state index contributed by atoms with van der Waals surface area (Å²) in [6.45, 7) is 2.88. The largest absolute Gasteiger partial charge is 0.471 e. The average molecular weight is 600 g/mol. The molecule has 0 spiro atoms. The number of ether oxygens (including phenoxy) is 1. The predicted octanol–water partition coefficient (Wildman–Crippen LogP) is 3.84. The topological polar surface area (TPSA) is 143 Å². The maximum absolute atomic E-state index is 14.6. The minimum Gasteiger partial charge on any atom is -0.471 e. The Balaban J connectivity index is 1.50. The Morgan fingerprint density at radius 3 is 2.42 bits per heavy atom. The van der Waals surface area contributed by atoms with Crippen molar-refractivity contribution in [3.05, 3.63) is 70.3 Å². The number of rotatable bonds is 6. The van der Waals surface area contributed by atoms with E-state index in [0.717, 1.165) is 15.8 Å². The molecule has 2 aliphatic heterocycles. The van der Waals surface area contributed by atoms with E-state index in [1.807, 2.05) is 30.3 Å². The second-order valence-corrected chi connectivity index (χ2v) is 10.7. The van der Waals surface area contributed by atoms with Gasteiger partial charge in [-0.15, -0.1) is 0 Å². The molecule has 2 unspecified atom stereocenters. The molecular formula is C29H32F3N7O4. The number of nitrogens with one attached hydrogen (secondary N) is 1. The molecule has 0 radical (unpaired) electrons. The van der Waals surface area contributed by atoms with E-state index in [4.69, 9.17) is 14.9 Å². The molecule has 2 aliphatic rings. The van der Waals surface area contributed by atoms with E-state index in [1.54, 1.807) is 6.92 Å². The Morgan fingerprint density at radius 2 is 1.81 bits per heavy atom. The Kier molecular flexibility index (Phi) is 8.74. The fourth-order valence-electron chi connectivity index (χ4n) is 5.53. The number of nitrogens with zero attached hydrogens (tertiary/aromatic N) is 5. The summed E-state index contributed by atoms with van der Waals surface area (Å²) in [5.41, 5.74) is 7.76. The zero-order valence-corrected chi connectivity index (χ0v) is 23.6. The van der Waals surface area contributed by atoms with Crippen LogP contribution < -0.4 is 11.1 Å². The van der Waals surface area contributed by atoms with E-state index >= 15 is 0 Å². The molecule has 3 N–H and O–H groups in total. The molecule has 4 heterocycles. The molecule has 228 valence electrons. The quantitative estimate of drug-likeness (QED) is 0.435. The van der Waals surface area contributed by atoms with Crippen LogP contribution in [0, 0.1) is 24.2 Å². The smallest absolute Gasteiger partial charge is 0.394 e. The van der Waals surface area contributed by atoms with Crippen LogP contribution in [0.2, 0.25) is 0 Å². The van der Waals surface area contributed by atoms with Gasteiger partial charge in [0, 0.05) is 50.7 Å². The van der Waals surface area contributed by atoms with Crippen LogP contribution in [-0.4, -0.2) is 77.1 Å². The van der Waals surface area contributed by atoms with Crippen LogP contribution in [0.3, 0.4) is 0 Å². The lowest BCUT2D eigenvalue weighted by Crippen LogP contribution is -2.54. The van der Waals surface area contributed by atoms with Crippen molar-refractivity contribution in [3.8, 4) is 6.07 Å². The van der Waals surface area contributed by atoms with Crippen molar-refractivity contribution in [1.82, 2.24) is 19.6 Å². The number of likely N-dealkylation sites (tertiary alicyclic amines) is 1. The summed E-state index contributed by atoms with van der Waals surface area (Å²) < 4.78 is 55.1. The Bertz CT molecular complexity index is 1500. The number of anilines is 1. The first-order valence-corrected chi connectivity index (χ1v) is 13.9. The van der Waals surface area contributed by atoms with Gasteiger partial charge >= 0.3 is 12.2 Å². The van der Waals surface area contributed by atoms with Crippen LogP contribution in [0.25, 0.3) is 0 Å². The summed E-state index contributed by atoms with van der Waals surface area (Å²) in [5.74, 6) is -3.92. The number of morpholine rings is 1. The lowest BCUT2D eigenvalue weighted by atomic mass is 9.81. The first kappa shape index (κ1) is 30.1. The molecule has 3 aromatic rings. The van der Waals surface area contributed by atoms with Gasteiger partial charge < -0.3 is 30.0 Å². The number of halogens is 3. The van der Waals surface area contributed by atoms with Crippen molar-refractivity contribution in [1.29, 1.82) is 5.26 Å². The third kappa shape index (κ3) is 6.23. The average Bonchev–Trinajstić information content (AvgIpc) is 3.62. The minimum atomic E-state index is -4.70. The highest BCUT2D eigenvalue weighted by Crippen LogP contribution is 2.44. The van der Waals surface area contributed by atoms with Crippen molar-refractivity contribution >= 4 is 17.8 Å². The lowest BCUT2D eigenvalue weighted by Gasteiger charge is -2.41. The monoisotopic (exact) mass is 599 g/mol. The normalized spacial score (nSPS) is 19.3. The van der Waals surface area contributed by atoms with Crippen LogP contribution in [-0.2, 0) is 17.8 Å². The molecule has 1 aromatic carbocycles. The highest BCUT2D eigenvalue weighted by molar-refractivity contribution is 5.98. The third-order valence-corrected chi connectivity index (χ3v) is 7.96. The molecular weight excluding hydrogens is 567 g/mol. The summed E-state index contributed by atoms with van der Waals surface area (Å²) in [4.78, 5) is 29.3. The van der Waals surface area contributed by atoms with Gasteiger partial charge in [0.25, 0.3) is 5.91 Å². The van der Waals surface area contributed by atoms with Gasteiger partial charge in [-0.2, -0.15) is 28.2 Å². The number of carbonyl (C=O) groups excluding carboxylic acids is 2. The number of aryl methyl sites for hydroxylation is 1. The molecule has 2 amide bonds. The van der Waals surface area contributed by atoms with Crippen molar-refractivity contribution < 1.29 is 31.9 Å². The van der Waals surface area contributed by atoms with Crippen molar-refractivity contribution in [2.45, 2.75) is 38.5 Å². The molecule has 11 nitrogen and oxygen atoms in total. The second-order valence-electron chi connectivity index (χ2n) is 10.7. The van der Waals surface area contributed by atoms with E-state index in [0.29, 0.717) is 38.4 Å². The molecule has 2 aromatic heterocycles. The highest BCUT2D eigenvalue weighted by atomic mass is 19.4. The molecule has 2 saturated heterocycles. The van der Waals surface area contributed by atoms with E-state index in [-0.39, 0.29) is 42.1 Å². The number of aromatic nitrogens is 2. The number of furan rings is 1. The van der Waals surface area contributed by atoms with E-state index in [1.165, 1.54) is 22.3 Å². The van der Waals surface area contributed by atoms with Crippen molar-refractivity contribution in [2.75, 3.05) is 44.7 Å². The fourth-order valence-corrected chi connectivity index (χ4v) is 5.53.